The maximum absolute atomic E-state index is 12.2. The molecule has 0 aromatic rings. The number of nitrogens with zero attached hydrogens (tertiary/aromatic N) is 1. The molecule has 2 atom stereocenters. The highest BCUT2D eigenvalue weighted by Gasteiger charge is 2.25. The summed E-state index contributed by atoms with van der Waals surface area (Å²) in [4.78, 5) is 14.7. The van der Waals surface area contributed by atoms with E-state index in [-0.39, 0.29) is 11.9 Å². The SMILES string of the molecule is CCC1CCNC(C(=O)NCCCN2CCC(C)CC2)C1. The number of nitrogens with one attached hydrogen (secondary N) is 2. The minimum Gasteiger partial charge on any atom is -0.355 e. The van der Waals surface area contributed by atoms with Crippen LogP contribution < -0.4 is 10.6 Å². The van der Waals surface area contributed by atoms with Gasteiger partial charge in [-0.2, -0.15) is 0 Å². The number of hydrogen-bond donors (Lipinski definition) is 2. The number of carbonyl (C=O) groups is 1. The maximum Gasteiger partial charge on any atom is 0.237 e. The van der Waals surface area contributed by atoms with Crippen LogP contribution in [0.1, 0.15) is 52.4 Å². The van der Waals surface area contributed by atoms with Crippen LogP contribution in [0.3, 0.4) is 0 Å². The number of carbonyl (C=O) groups excluding carboxylic acids is 1. The lowest BCUT2D eigenvalue weighted by molar-refractivity contribution is -0.124. The Morgan fingerprint density at radius 3 is 2.76 bits per heavy atom. The standard InChI is InChI=1S/C17H33N3O/c1-3-15-5-9-18-16(13-15)17(21)19-8-4-10-20-11-6-14(2)7-12-20/h14-16,18H,3-13H2,1-2H3,(H,19,21). The van der Waals surface area contributed by atoms with E-state index >= 15 is 0 Å². The van der Waals surface area contributed by atoms with E-state index in [2.05, 4.69) is 29.4 Å². The Balaban J connectivity index is 1.56. The van der Waals surface area contributed by atoms with Crippen molar-refractivity contribution in [1.82, 2.24) is 15.5 Å². The second-order valence-electron chi connectivity index (χ2n) is 6.97. The highest BCUT2D eigenvalue weighted by molar-refractivity contribution is 5.81. The van der Waals surface area contributed by atoms with Crippen LogP contribution in [0, 0.1) is 11.8 Å². The Morgan fingerprint density at radius 2 is 2.05 bits per heavy atom. The van der Waals surface area contributed by atoms with E-state index < -0.39 is 0 Å². The average Bonchev–Trinajstić information content (AvgIpc) is 2.53. The van der Waals surface area contributed by atoms with Gasteiger partial charge in [-0.1, -0.05) is 20.3 Å². The molecule has 2 rings (SSSR count). The molecule has 0 aromatic carbocycles. The summed E-state index contributed by atoms with van der Waals surface area (Å²) in [5.74, 6) is 1.82. The number of hydrogen-bond acceptors (Lipinski definition) is 3. The average molecular weight is 295 g/mol. The second-order valence-corrected chi connectivity index (χ2v) is 6.97. The first-order valence-corrected chi connectivity index (χ1v) is 8.92. The van der Waals surface area contributed by atoms with Gasteiger partial charge in [0.2, 0.25) is 5.91 Å². The van der Waals surface area contributed by atoms with Crippen LogP contribution in [0.2, 0.25) is 0 Å². The lowest BCUT2D eigenvalue weighted by Crippen LogP contribution is -2.49. The normalized spacial score (nSPS) is 28.5. The first-order valence-electron chi connectivity index (χ1n) is 8.92. The molecular weight excluding hydrogens is 262 g/mol. The van der Waals surface area contributed by atoms with Gasteiger partial charge in [0.15, 0.2) is 0 Å². The van der Waals surface area contributed by atoms with Crippen molar-refractivity contribution in [1.29, 1.82) is 0 Å². The van der Waals surface area contributed by atoms with Crippen molar-refractivity contribution in [2.75, 3.05) is 32.7 Å². The molecule has 0 aromatic heterocycles. The minimum absolute atomic E-state index is 0.0412. The van der Waals surface area contributed by atoms with E-state index in [9.17, 15) is 4.79 Å². The summed E-state index contributed by atoms with van der Waals surface area (Å²) in [5.41, 5.74) is 0. The maximum atomic E-state index is 12.2. The van der Waals surface area contributed by atoms with Crippen LogP contribution in [0.25, 0.3) is 0 Å². The van der Waals surface area contributed by atoms with Crippen LogP contribution in [-0.4, -0.2) is 49.6 Å². The van der Waals surface area contributed by atoms with Crippen LogP contribution >= 0.6 is 0 Å². The third-order valence-corrected chi connectivity index (χ3v) is 5.23. The molecule has 2 N–H and O–H groups in total. The quantitative estimate of drug-likeness (QED) is 0.737. The molecule has 2 aliphatic heterocycles. The number of rotatable bonds is 6. The van der Waals surface area contributed by atoms with Gasteiger partial charge in [-0.15, -0.1) is 0 Å². The Morgan fingerprint density at radius 1 is 1.29 bits per heavy atom. The van der Waals surface area contributed by atoms with Gasteiger partial charge in [-0.25, -0.2) is 0 Å². The molecule has 4 heteroatoms. The van der Waals surface area contributed by atoms with Crippen LogP contribution in [-0.2, 0) is 4.79 Å². The highest BCUT2D eigenvalue weighted by atomic mass is 16.2. The van der Waals surface area contributed by atoms with Crippen molar-refractivity contribution in [3.63, 3.8) is 0 Å². The predicted octanol–water partition coefficient (Wildman–Crippen LogP) is 2.00. The van der Waals surface area contributed by atoms with Gasteiger partial charge in [0.05, 0.1) is 6.04 Å². The van der Waals surface area contributed by atoms with Crippen molar-refractivity contribution in [3.8, 4) is 0 Å². The minimum atomic E-state index is 0.0412. The smallest absolute Gasteiger partial charge is 0.237 e. The molecule has 0 spiro atoms. The third-order valence-electron chi connectivity index (χ3n) is 5.23. The molecule has 2 fully saturated rings. The molecule has 2 saturated heterocycles. The molecule has 1 amide bonds. The first-order chi connectivity index (χ1) is 10.2. The molecule has 0 bridgehead atoms. The first kappa shape index (κ1) is 16.8. The number of piperidine rings is 2. The van der Waals surface area contributed by atoms with E-state index in [1.54, 1.807) is 0 Å². The summed E-state index contributed by atoms with van der Waals surface area (Å²) in [6, 6.07) is 0.0412. The van der Waals surface area contributed by atoms with E-state index in [0.29, 0.717) is 0 Å². The lowest BCUT2D eigenvalue weighted by atomic mass is 9.90. The van der Waals surface area contributed by atoms with Crippen molar-refractivity contribution < 1.29 is 4.79 Å². The third kappa shape index (κ3) is 5.59. The fourth-order valence-electron chi connectivity index (χ4n) is 3.49. The molecule has 0 radical (unpaired) electrons. The van der Waals surface area contributed by atoms with Crippen molar-refractivity contribution in [2.45, 2.75) is 58.4 Å². The molecular formula is C17H33N3O. The summed E-state index contributed by atoms with van der Waals surface area (Å²) in [6.45, 7) is 9.97. The monoisotopic (exact) mass is 295 g/mol. The summed E-state index contributed by atoms with van der Waals surface area (Å²) in [5, 5.41) is 6.47. The molecule has 4 nitrogen and oxygen atoms in total. The predicted molar refractivity (Wildman–Crippen MR) is 87.3 cm³/mol. The summed E-state index contributed by atoms with van der Waals surface area (Å²) >= 11 is 0. The van der Waals surface area contributed by atoms with E-state index in [4.69, 9.17) is 0 Å². The summed E-state index contributed by atoms with van der Waals surface area (Å²) in [6.07, 6.45) is 7.15. The Labute approximate surface area is 130 Å². The van der Waals surface area contributed by atoms with E-state index in [0.717, 1.165) is 44.3 Å². The molecule has 21 heavy (non-hydrogen) atoms. The van der Waals surface area contributed by atoms with Gasteiger partial charge < -0.3 is 15.5 Å². The van der Waals surface area contributed by atoms with Crippen molar-refractivity contribution in [2.24, 2.45) is 11.8 Å². The molecule has 2 heterocycles. The molecule has 122 valence electrons. The summed E-state index contributed by atoms with van der Waals surface area (Å²) < 4.78 is 0. The largest absolute Gasteiger partial charge is 0.355 e. The van der Waals surface area contributed by atoms with Gasteiger partial charge in [-0.05, 0) is 70.1 Å². The molecule has 2 aliphatic rings. The van der Waals surface area contributed by atoms with E-state index in [1.807, 2.05) is 0 Å². The fourth-order valence-corrected chi connectivity index (χ4v) is 3.49. The zero-order valence-corrected chi connectivity index (χ0v) is 13.9. The highest BCUT2D eigenvalue weighted by Crippen LogP contribution is 2.19. The van der Waals surface area contributed by atoms with Gasteiger partial charge in [-0.3, -0.25) is 4.79 Å². The number of likely N-dealkylation sites (tertiary alicyclic amines) is 1. The van der Waals surface area contributed by atoms with Crippen molar-refractivity contribution in [3.05, 3.63) is 0 Å². The topological polar surface area (TPSA) is 44.4 Å². The zero-order chi connectivity index (χ0) is 15.1. The Hall–Kier alpha value is -0.610. The second kappa shape index (κ2) is 8.74. The van der Waals surface area contributed by atoms with Gasteiger partial charge in [0.25, 0.3) is 0 Å². The van der Waals surface area contributed by atoms with Crippen molar-refractivity contribution >= 4 is 5.91 Å². The van der Waals surface area contributed by atoms with E-state index in [1.165, 1.54) is 38.8 Å². The summed E-state index contributed by atoms with van der Waals surface area (Å²) in [7, 11) is 0. The number of amides is 1. The lowest BCUT2D eigenvalue weighted by Gasteiger charge is -2.30. The Bertz CT molecular complexity index is 313. The van der Waals surface area contributed by atoms with Gasteiger partial charge >= 0.3 is 0 Å². The van der Waals surface area contributed by atoms with Gasteiger partial charge in [0.1, 0.15) is 0 Å². The van der Waals surface area contributed by atoms with Crippen LogP contribution in [0.4, 0.5) is 0 Å². The van der Waals surface area contributed by atoms with Gasteiger partial charge in [0, 0.05) is 6.54 Å². The fraction of sp³-hybridized carbons (Fsp3) is 0.941. The Kier molecular flexibility index (Phi) is 6.97. The zero-order valence-electron chi connectivity index (χ0n) is 13.9. The molecule has 2 unspecified atom stereocenters. The molecule has 0 saturated carbocycles. The molecule has 0 aliphatic carbocycles. The van der Waals surface area contributed by atoms with Crippen LogP contribution in [0.5, 0.6) is 0 Å². The van der Waals surface area contributed by atoms with Crippen LogP contribution in [0.15, 0.2) is 0 Å².